The Balaban J connectivity index is 1.29. The van der Waals surface area contributed by atoms with Crippen LogP contribution < -0.4 is 15.5 Å². The second-order valence-corrected chi connectivity index (χ2v) is 12.2. The molecule has 0 saturated heterocycles. The standard InChI is InChI=1S/C23H30ClN5O2S2/c1-29(2)22-17-6-4-5-7-18(17)27-23(28-22)26-16-10-8-15(9-11-16)12-25-13-19-21(24)20(14-32-19)33(3,30)31/h4-7,14-16,25H,8-13H2,1-3H3,(H,26,27,28)/t15-,16+. The number of nitrogens with zero attached hydrogens (tertiary/aromatic N) is 3. The SMILES string of the molecule is CN(C)c1nc(N[C@H]2CC[C@@H](CNCc3scc(S(C)(=O)=O)c3Cl)CC2)nc2ccccc12. The van der Waals surface area contributed by atoms with Crippen molar-refractivity contribution in [2.45, 2.75) is 43.2 Å². The molecule has 0 radical (unpaired) electrons. The van der Waals surface area contributed by atoms with Gasteiger partial charge in [0.05, 0.1) is 15.4 Å². The van der Waals surface area contributed by atoms with Gasteiger partial charge in [-0.05, 0) is 50.3 Å². The summed E-state index contributed by atoms with van der Waals surface area (Å²) < 4.78 is 23.5. The lowest BCUT2D eigenvalue weighted by molar-refractivity contribution is 0.324. The Morgan fingerprint density at radius 2 is 1.88 bits per heavy atom. The van der Waals surface area contributed by atoms with Crippen molar-refractivity contribution in [3.05, 3.63) is 39.5 Å². The molecule has 3 aromatic rings. The molecule has 0 atom stereocenters. The molecule has 1 fully saturated rings. The fourth-order valence-corrected chi connectivity index (χ4v) is 7.15. The number of anilines is 2. The van der Waals surface area contributed by atoms with Gasteiger partial charge in [0.1, 0.15) is 5.82 Å². The largest absolute Gasteiger partial charge is 0.362 e. The Bertz CT molecular complexity index is 1220. The third-order valence-electron chi connectivity index (χ3n) is 6.07. The molecular formula is C23H30ClN5O2S2. The molecule has 1 aliphatic carbocycles. The molecule has 0 spiro atoms. The van der Waals surface area contributed by atoms with Gasteiger partial charge in [0.2, 0.25) is 5.95 Å². The number of hydrogen-bond acceptors (Lipinski definition) is 8. The smallest absolute Gasteiger partial charge is 0.225 e. The molecule has 0 bridgehead atoms. The molecule has 1 aromatic carbocycles. The van der Waals surface area contributed by atoms with Gasteiger partial charge < -0.3 is 15.5 Å². The number of sulfone groups is 1. The predicted molar refractivity (Wildman–Crippen MR) is 137 cm³/mol. The van der Waals surface area contributed by atoms with Gasteiger partial charge >= 0.3 is 0 Å². The van der Waals surface area contributed by atoms with Crippen LogP contribution in [0.4, 0.5) is 11.8 Å². The Kier molecular flexibility index (Phi) is 7.43. The van der Waals surface area contributed by atoms with Crippen molar-refractivity contribution < 1.29 is 8.42 Å². The topological polar surface area (TPSA) is 87.2 Å². The first-order valence-electron chi connectivity index (χ1n) is 11.1. The molecule has 2 N–H and O–H groups in total. The first-order valence-corrected chi connectivity index (χ1v) is 14.2. The van der Waals surface area contributed by atoms with Crippen molar-refractivity contribution in [2.75, 3.05) is 37.1 Å². The van der Waals surface area contributed by atoms with Crippen LogP contribution in [0, 0.1) is 5.92 Å². The van der Waals surface area contributed by atoms with Gasteiger partial charge in [-0.2, -0.15) is 4.98 Å². The van der Waals surface area contributed by atoms with E-state index in [4.69, 9.17) is 21.6 Å². The molecule has 33 heavy (non-hydrogen) atoms. The summed E-state index contributed by atoms with van der Waals surface area (Å²) in [4.78, 5) is 12.6. The van der Waals surface area contributed by atoms with Gasteiger partial charge in [0, 0.05) is 48.6 Å². The van der Waals surface area contributed by atoms with E-state index < -0.39 is 9.84 Å². The highest BCUT2D eigenvalue weighted by molar-refractivity contribution is 7.91. The fraction of sp³-hybridized carbons (Fsp3) is 0.478. The van der Waals surface area contributed by atoms with Crippen LogP contribution in [0.1, 0.15) is 30.6 Å². The monoisotopic (exact) mass is 507 g/mol. The summed E-state index contributed by atoms with van der Waals surface area (Å²) in [6.07, 6.45) is 5.56. The van der Waals surface area contributed by atoms with Gasteiger partial charge in [0.25, 0.3) is 0 Å². The van der Waals surface area contributed by atoms with E-state index in [1.165, 1.54) is 17.6 Å². The van der Waals surface area contributed by atoms with Gasteiger partial charge in [-0.25, -0.2) is 13.4 Å². The lowest BCUT2D eigenvalue weighted by Gasteiger charge is -2.29. The molecule has 10 heteroatoms. The van der Waals surface area contributed by atoms with Gasteiger partial charge in [-0.3, -0.25) is 0 Å². The fourth-order valence-electron chi connectivity index (χ4n) is 4.28. The molecule has 2 heterocycles. The molecule has 1 saturated carbocycles. The Hall–Kier alpha value is -1.94. The molecule has 0 aliphatic heterocycles. The van der Waals surface area contributed by atoms with Gasteiger partial charge in [0.15, 0.2) is 9.84 Å². The molecule has 7 nitrogen and oxygen atoms in total. The summed E-state index contributed by atoms with van der Waals surface area (Å²) in [5.41, 5.74) is 0.947. The van der Waals surface area contributed by atoms with Crippen molar-refractivity contribution in [1.82, 2.24) is 15.3 Å². The van der Waals surface area contributed by atoms with Crippen LogP contribution in [0.2, 0.25) is 5.02 Å². The maximum atomic E-state index is 11.8. The predicted octanol–water partition coefficient (Wildman–Crippen LogP) is 4.57. The minimum atomic E-state index is -3.28. The maximum absolute atomic E-state index is 11.8. The zero-order chi connectivity index (χ0) is 23.6. The number of nitrogens with one attached hydrogen (secondary N) is 2. The zero-order valence-electron chi connectivity index (χ0n) is 19.1. The normalized spacial score (nSPS) is 19.0. The quantitative estimate of drug-likeness (QED) is 0.461. The van der Waals surface area contributed by atoms with E-state index in [0.717, 1.165) is 53.8 Å². The van der Waals surface area contributed by atoms with E-state index in [1.54, 1.807) is 5.38 Å². The number of halogens is 1. The Morgan fingerprint density at radius 3 is 2.55 bits per heavy atom. The number of hydrogen-bond donors (Lipinski definition) is 2. The van der Waals surface area contributed by atoms with Crippen molar-refractivity contribution in [3.8, 4) is 0 Å². The molecule has 2 aromatic heterocycles. The lowest BCUT2D eigenvalue weighted by atomic mass is 9.86. The zero-order valence-corrected chi connectivity index (χ0v) is 21.5. The summed E-state index contributed by atoms with van der Waals surface area (Å²) in [6, 6.07) is 8.45. The van der Waals surface area contributed by atoms with Gasteiger partial charge in [-0.15, -0.1) is 11.3 Å². The summed E-state index contributed by atoms with van der Waals surface area (Å²) in [5.74, 6) is 2.20. The van der Waals surface area contributed by atoms with E-state index in [9.17, 15) is 8.42 Å². The second-order valence-electron chi connectivity index (χ2n) is 8.88. The number of benzene rings is 1. The number of fused-ring (bicyclic) bond motifs is 1. The summed E-state index contributed by atoms with van der Waals surface area (Å²) in [5, 5.41) is 10.1. The maximum Gasteiger partial charge on any atom is 0.225 e. The Labute approximate surface area is 204 Å². The van der Waals surface area contributed by atoms with E-state index >= 15 is 0 Å². The first kappa shape index (κ1) is 24.2. The van der Waals surface area contributed by atoms with E-state index in [-0.39, 0.29) is 4.90 Å². The minimum absolute atomic E-state index is 0.228. The van der Waals surface area contributed by atoms with Crippen LogP contribution in [0.25, 0.3) is 10.9 Å². The molecule has 1 aliphatic rings. The minimum Gasteiger partial charge on any atom is -0.362 e. The average molecular weight is 508 g/mol. The van der Waals surface area contributed by atoms with E-state index in [0.29, 0.717) is 29.5 Å². The molecule has 4 rings (SSSR count). The molecule has 0 unspecified atom stereocenters. The van der Waals surface area contributed by atoms with Gasteiger partial charge in [-0.1, -0.05) is 23.7 Å². The summed E-state index contributed by atoms with van der Waals surface area (Å²) >= 11 is 7.66. The van der Waals surface area contributed by atoms with Crippen LogP contribution in [0.5, 0.6) is 0 Å². The van der Waals surface area contributed by atoms with Crippen molar-refractivity contribution in [2.24, 2.45) is 5.92 Å². The highest BCUT2D eigenvalue weighted by Crippen LogP contribution is 2.32. The number of para-hydroxylation sites is 1. The van der Waals surface area contributed by atoms with Crippen LogP contribution >= 0.6 is 22.9 Å². The second kappa shape index (κ2) is 10.1. The molecular weight excluding hydrogens is 478 g/mol. The first-order chi connectivity index (χ1) is 15.7. The highest BCUT2D eigenvalue weighted by atomic mass is 35.5. The van der Waals surface area contributed by atoms with Crippen molar-refractivity contribution in [3.63, 3.8) is 0 Å². The third-order valence-corrected chi connectivity index (χ3v) is 8.99. The Morgan fingerprint density at radius 1 is 1.15 bits per heavy atom. The average Bonchev–Trinajstić information content (AvgIpc) is 3.15. The number of rotatable bonds is 8. The number of aromatic nitrogens is 2. The molecule has 0 amide bonds. The van der Waals surface area contributed by atoms with E-state index in [1.807, 2.05) is 37.2 Å². The molecule has 178 valence electrons. The number of thiophene rings is 1. The summed E-state index contributed by atoms with van der Waals surface area (Å²) in [7, 11) is 0.725. The summed E-state index contributed by atoms with van der Waals surface area (Å²) in [6.45, 7) is 1.49. The van der Waals surface area contributed by atoms with Crippen molar-refractivity contribution in [1.29, 1.82) is 0 Å². The van der Waals surface area contributed by atoms with Crippen LogP contribution in [-0.2, 0) is 16.4 Å². The highest BCUT2D eigenvalue weighted by Gasteiger charge is 2.23. The third kappa shape index (κ3) is 5.77. The van der Waals surface area contributed by atoms with Crippen molar-refractivity contribution >= 4 is 55.4 Å². The van der Waals surface area contributed by atoms with Crippen LogP contribution in [0.3, 0.4) is 0 Å². The lowest BCUT2D eigenvalue weighted by Crippen LogP contribution is -2.31. The van der Waals surface area contributed by atoms with Crippen LogP contribution in [0.15, 0.2) is 34.5 Å². The van der Waals surface area contributed by atoms with Crippen LogP contribution in [-0.4, -0.2) is 51.3 Å². The van der Waals surface area contributed by atoms with E-state index in [2.05, 4.69) is 16.7 Å².